The van der Waals surface area contributed by atoms with Crippen molar-refractivity contribution in [3.05, 3.63) is 64.2 Å². The number of alkyl halides is 3. The summed E-state index contributed by atoms with van der Waals surface area (Å²) in [4.78, 5) is 16.9. The Morgan fingerprint density at radius 1 is 1.11 bits per heavy atom. The molecule has 37 heavy (non-hydrogen) atoms. The molecule has 0 spiro atoms. The lowest BCUT2D eigenvalue weighted by Crippen LogP contribution is -2.39. The number of halogens is 5. The number of aryl methyl sites for hydroxylation is 1. The number of aromatic nitrogens is 2. The predicted molar refractivity (Wildman–Crippen MR) is 146 cm³/mol. The monoisotopic (exact) mass is 572 g/mol. The maximum absolute atomic E-state index is 12.8. The molecule has 3 heterocycles. The summed E-state index contributed by atoms with van der Waals surface area (Å²) in [7, 11) is 0. The number of nitrogens with one attached hydrogen (secondary N) is 2. The van der Waals surface area contributed by atoms with Crippen LogP contribution >= 0.6 is 36.6 Å². The van der Waals surface area contributed by atoms with Gasteiger partial charge in [0.25, 0.3) is 5.91 Å². The molecule has 2 aromatic carbocycles. The van der Waals surface area contributed by atoms with Crippen molar-refractivity contribution in [2.45, 2.75) is 36.8 Å². The first-order chi connectivity index (χ1) is 16.9. The lowest BCUT2D eigenvalue weighted by atomic mass is 9.96. The molecule has 2 aliphatic heterocycles. The zero-order valence-electron chi connectivity index (χ0n) is 20.0. The molecule has 0 saturated carbocycles. The number of rotatable bonds is 7. The molecule has 0 atom stereocenters. The van der Waals surface area contributed by atoms with Crippen molar-refractivity contribution in [1.82, 2.24) is 20.4 Å². The van der Waals surface area contributed by atoms with Gasteiger partial charge in [-0.3, -0.25) is 9.89 Å². The summed E-state index contributed by atoms with van der Waals surface area (Å²) in [5.41, 5.74) is 2.12. The second-order valence-corrected chi connectivity index (χ2v) is 10.3. The van der Waals surface area contributed by atoms with E-state index in [4.69, 9.17) is 0 Å². The van der Waals surface area contributed by atoms with E-state index >= 15 is 0 Å². The Labute approximate surface area is 230 Å². The zero-order chi connectivity index (χ0) is 24.4. The zero-order valence-corrected chi connectivity index (χ0v) is 22.5. The minimum Gasteiger partial charge on any atom is -0.351 e. The van der Waals surface area contributed by atoms with Crippen molar-refractivity contribution in [3.63, 3.8) is 0 Å². The average molecular weight is 574 g/mol. The summed E-state index contributed by atoms with van der Waals surface area (Å²) in [6, 6.07) is 11.4. The summed E-state index contributed by atoms with van der Waals surface area (Å²) in [6.45, 7) is 3.55. The molecule has 1 amide bonds. The molecule has 5 rings (SSSR count). The van der Waals surface area contributed by atoms with Crippen LogP contribution in [0.4, 0.5) is 13.2 Å². The van der Waals surface area contributed by atoms with Crippen LogP contribution in [0, 0.1) is 5.92 Å². The summed E-state index contributed by atoms with van der Waals surface area (Å²) in [6.07, 6.45) is 1.33. The van der Waals surface area contributed by atoms with Gasteiger partial charge in [0.05, 0.1) is 21.7 Å². The van der Waals surface area contributed by atoms with Gasteiger partial charge in [0, 0.05) is 16.8 Å². The van der Waals surface area contributed by atoms with Crippen LogP contribution in [-0.2, 0) is 17.4 Å². The number of amides is 1. The maximum Gasteiger partial charge on any atom is 0.416 e. The van der Waals surface area contributed by atoms with Crippen LogP contribution in [0.5, 0.6) is 0 Å². The van der Waals surface area contributed by atoms with Gasteiger partial charge in [-0.1, -0.05) is 30.0 Å². The number of thioether (sulfide) groups is 1. The van der Waals surface area contributed by atoms with Crippen LogP contribution in [0.1, 0.15) is 36.1 Å². The fraction of sp³-hybridized carbons (Fsp3) is 0.385. The van der Waals surface area contributed by atoms with E-state index in [-0.39, 0.29) is 30.7 Å². The van der Waals surface area contributed by atoms with Gasteiger partial charge in [0.15, 0.2) is 0 Å². The minimum atomic E-state index is -4.29. The number of carbonyl (C=O) groups excluding carboxylic acids is 1. The van der Waals surface area contributed by atoms with E-state index in [1.54, 1.807) is 12.1 Å². The molecular formula is C26H29Cl2F3N4OS. The molecule has 0 bridgehead atoms. The topological polar surface area (TPSA) is 61.0 Å². The number of likely N-dealkylation sites (tertiary alicyclic amines) is 1. The average Bonchev–Trinajstić information content (AvgIpc) is 3.27. The van der Waals surface area contributed by atoms with Crippen molar-refractivity contribution in [2.75, 3.05) is 26.2 Å². The van der Waals surface area contributed by atoms with Crippen LogP contribution < -0.4 is 5.32 Å². The molecule has 0 unspecified atom stereocenters. The molecule has 200 valence electrons. The van der Waals surface area contributed by atoms with Crippen molar-refractivity contribution in [1.29, 1.82) is 0 Å². The number of benzene rings is 2. The maximum atomic E-state index is 12.8. The molecule has 2 N–H and O–H groups in total. The SMILES string of the molecule is Cl.Cl.O=C(NCC1CCN(CCCc2ccc(C(F)(F)F)cc2)CC1)C1=Cc2[nH]nc3cccc(c23)S1. The Morgan fingerprint density at radius 2 is 1.84 bits per heavy atom. The van der Waals surface area contributed by atoms with Crippen molar-refractivity contribution >= 4 is 59.5 Å². The third-order valence-corrected chi connectivity index (χ3v) is 7.85. The predicted octanol–water partition coefficient (Wildman–Crippen LogP) is 6.33. The molecular weight excluding hydrogens is 544 g/mol. The van der Waals surface area contributed by atoms with Gasteiger partial charge in [-0.2, -0.15) is 18.3 Å². The second-order valence-electron chi connectivity index (χ2n) is 9.19. The molecule has 0 aliphatic carbocycles. The molecule has 5 nitrogen and oxygen atoms in total. The Morgan fingerprint density at radius 3 is 2.54 bits per heavy atom. The van der Waals surface area contributed by atoms with E-state index < -0.39 is 11.7 Å². The summed E-state index contributed by atoms with van der Waals surface area (Å²) in [5.74, 6) is 0.400. The van der Waals surface area contributed by atoms with E-state index in [0.29, 0.717) is 17.4 Å². The first kappa shape index (κ1) is 29.4. The summed E-state index contributed by atoms with van der Waals surface area (Å²) < 4.78 is 38.1. The Kier molecular flexibility index (Phi) is 9.97. The molecule has 1 aromatic heterocycles. The third kappa shape index (κ3) is 7.02. The fourth-order valence-electron chi connectivity index (χ4n) is 4.75. The van der Waals surface area contributed by atoms with Crippen LogP contribution in [0.25, 0.3) is 17.0 Å². The molecule has 0 radical (unpaired) electrons. The highest BCUT2D eigenvalue weighted by Crippen LogP contribution is 2.39. The Balaban J connectivity index is 0.00000190. The first-order valence-electron chi connectivity index (χ1n) is 11.9. The molecule has 11 heteroatoms. The van der Waals surface area contributed by atoms with Crippen LogP contribution in [-0.4, -0.2) is 47.2 Å². The van der Waals surface area contributed by atoms with E-state index in [1.165, 1.54) is 11.8 Å². The highest BCUT2D eigenvalue weighted by atomic mass is 35.5. The first-order valence-corrected chi connectivity index (χ1v) is 12.7. The quantitative estimate of drug-likeness (QED) is 0.347. The summed E-state index contributed by atoms with van der Waals surface area (Å²) >= 11 is 1.48. The highest BCUT2D eigenvalue weighted by Gasteiger charge is 2.30. The van der Waals surface area contributed by atoms with Gasteiger partial charge in [-0.15, -0.1) is 24.8 Å². The van der Waals surface area contributed by atoms with Crippen molar-refractivity contribution in [3.8, 4) is 0 Å². The van der Waals surface area contributed by atoms with Crippen LogP contribution in [0.2, 0.25) is 0 Å². The van der Waals surface area contributed by atoms with E-state index in [2.05, 4.69) is 20.4 Å². The smallest absolute Gasteiger partial charge is 0.351 e. The van der Waals surface area contributed by atoms with Crippen LogP contribution in [0.3, 0.4) is 0 Å². The Bertz CT molecular complexity index is 1240. The largest absolute Gasteiger partial charge is 0.416 e. The highest BCUT2D eigenvalue weighted by molar-refractivity contribution is 8.04. The van der Waals surface area contributed by atoms with Gasteiger partial charge in [0.1, 0.15) is 0 Å². The molecule has 1 fully saturated rings. The number of carbonyl (C=O) groups is 1. The van der Waals surface area contributed by atoms with E-state index in [9.17, 15) is 18.0 Å². The number of hydrogen-bond acceptors (Lipinski definition) is 4. The third-order valence-electron chi connectivity index (χ3n) is 6.77. The molecule has 1 saturated heterocycles. The number of hydrogen-bond donors (Lipinski definition) is 2. The van der Waals surface area contributed by atoms with E-state index in [1.807, 2.05) is 24.3 Å². The number of aromatic amines is 1. The van der Waals surface area contributed by atoms with E-state index in [0.717, 1.165) is 84.5 Å². The lowest BCUT2D eigenvalue weighted by Gasteiger charge is -2.32. The fourth-order valence-corrected chi connectivity index (χ4v) is 5.79. The molecule has 3 aromatic rings. The van der Waals surface area contributed by atoms with Crippen molar-refractivity contribution in [2.24, 2.45) is 5.92 Å². The number of nitrogens with zero attached hydrogens (tertiary/aromatic N) is 2. The van der Waals surface area contributed by atoms with Gasteiger partial charge in [-0.05, 0) is 87.1 Å². The van der Waals surface area contributed by atoms with Gasteiger partial charge >= 0.3 is 6.18 Å². The van der Waals surface area contributed by atoms with Crippen molar-refractivity contribution < 1.29 is 18.0 Å². The lowest BCUT2D eigenvalue weighted by molar-refractivity contribution is -0.137. The van der Waals surface area contributed by atoms with Gasteiger partial charge in [-0.25, -0.2) is 0 Å². The van der Waals surface area contributed by atoms with Gasteiger partial charge < -0.3 is 10.2 Å². The second kappa shape index (κ2) is 12.6. The number of piperidine rings is 1. The minimum absolute atomic E-state index is 0. The Hall–Kier alpha value is -2.20. The molecule has 2 aliphatic rings. The van der Waals surface area contributed by atoms with Gasteiger partial charge in [0.2, 0.25) is 0 Å². The number of H-pyrrole nitrogens is 1. The summed E-state index contributed by atoms with van der Waals surface area (Å²) in [5, 5.41) is 11.5. The standard InChI is InChI=1S/C26H27F3N4OS.2ClH/c27-26(28,29)19-8-6-17(7-9-19)3-2-12-33-13-10-18(11-14-33)16-30-25(34)23-15-21-24-20(31-32-21)4-1-5-22(24)35-23;;/h1,4-9,15,18H,2-3,10-14,16H2,(H,30,34)(H,31,32);2*1H. The van der Waals surface area contributed by atoms with Crippen LogP contribution in [0.15, 0.2) is 52.3 Å². The normalized spacial score (nSPS) is 16.0.